The van der Waals surface area contributed by atoms with Crippen molar-refractivity contribution in [2.45, 2.75) is 57.3 Å². The molecule has 13 heteroatoms. The number of nitrogens with two attached hydrogens (primary N) is 1. The third kappa shape index (κ3) is 10.7. The molecule has 0 spiro atoms. The summed E-state index contributed by atoms with van der Waals surface area (Å²) in [4.78, 5) is 59.5. The summed E-state index contributed by atoms with van der Waals surface area (Å²) in [5, 5.41) is 25.4. The van der Waals surface area contributed by atoms with Crippen molar-refractivity contribution < 1.29 is 34.2 Å². The second-order valence-corrected chi connectivity index (χ2v) is 8.35. The van der Waals surface area contributed by atoms with E-state index < -0.39 is 60.2 Å². The summed E-state index contributed by atoms with van der Waals surface area (Å²) in [5.41, 5.74) is 5.49. The molecular formula is C18H32N4O7S2. The Morgan fingerprint density at radius 2 is 1.58 bits per heavy atom. The van der Waals surface area contributed by atoms with E-state index in [0.29, 0.717) is 12.2 Å². The molecule has 0 saturated heterocycles. The van der Waals surface area contributed by atoms with Crippen molar-refractivity contribution in [3.8, 4) is 0 Å². The fourth-order valence-corrected chi connectivity index (χ4v) is 3.19. The van der Waals surface area contributed by atoms with E-state index in [1.165, 1.54) is 11.8 Å². The van der Waals surface area contributed by atoms with Gasteiger partial charge in [-0.15, -0.1) is 0 Å². The number of nitrogens with one attached hydrogen (secondary N) is 3. The van der Waals surface area contributed by atoms with Crippen molar-refractivity contribution in [3.63, 3.8) is 0 Å². The molecule has 7 N–H and O–H groups in total. The lowest BCUT2D eigenvalue weighted by atomic mass is 9.97. The van der Waals surface area contributed by atoms with Gasteiger partial charge in [-0.3, -0.25) is 19.2 Å². The second kappa shape index (κ2) is 14.9. The highest BCUT2D eigenvalue weighted by atomic mass is 32.2. The molecule has 0 bridgehead atoms. The summed E-state index contributed by atoms with van der Waals surface area (Å²) in [6, 6.07) is -4.66. The van der Waals surface area contributed by atoms with Crippen LogP contribution in [0.4, 0.5) is 0 Å². The number of rotatable bonds is 15. The van der Waals surface area contributed by atoms with Gasteiger partial charge in [0.1, 0.15) is 18.1 Å². The number of carbonyl (C=O) groups excluding carboxylic acids is 3. The fourth-order valence-electron chi connectivity index (χ4n) is 2.46. The average Bonchev–Trinajstić information content (AvgIpc) is 2.71. The van der Waals surface area contributed by atoms with Crippen LogP contribution in [0.25, 0.3) is 0 Å². The molecule has 3 amide bonds. The predicted octanol–water partition coefficient (Wildman–Crippen LogP) is -0.944. The van der Waals surface area contributed by atoms with E-state index >= 15 is 0 Å². The molecule has 0 radical (unpaired) electrons. The van der Waals surface area contributed by atoms with Gasteiger partial charge in [0.15, 0.2) is 0 Å². The van der Waals surface area contributed by atoms with Gasteiger partial charge in [-0.05, 0) is 24.3 Å². The largest absolute Gasteiger partial charge is 0.481 e. The minimum absolute atomic E-state index is 0.127. The Kier molecular flexibility index (Phi) is 14.0. The SMILES string of the molecule is CCC(C)C(NC(=O)C(CS)NC(=O)C(N)CC(=O)O)C(=O)NC(CCSC)C(=O)O. The summed E-state index contributed by atoms with van der Waals surface area (Å²) in [5.74, 6) is -4.58. The standard InChI is InChI=1S/C18H32N4O7S2/c1-4-9(2)14(17(27)20-11(18(28)29)5-6-31-3)22-16(26)12(8-30)21-15(25)10(19)7-13(23)24/h9-12,14,30H,4-8,19H2,1-3H3,(H,20,27)(H,21,25)(H,22,26)(H,23,24)(H,28,29). The topological polar surface area (TPSA) is 188 Å². The van der Waals surface area contributed by atoms with E-state index in [9.17, 15) is 29.1 Å². The molecule has 0 aliphatic heterocycles. The van der Waals surface area contributed by atoms with E-state index in [2.05, 4.69) is 28.6 Å². The third-order valence-corrected chi connectivity index (χ3v) is 5.57. The Hall–Kier alpha value is -1.99. The van der Waals surface area contributed by atoms with Crippen LogP contribution in [-0.2, 0) is 24.0 Å². The van der Waals surface area contributed by atoms with Crippen LogP contribution in [0.3, 0.4) is 0 Å². The highest BCUT2D eigenvalue weighted by molar-refractivity contribution is 7.98. The molecule has 5 atom stereocenters. The lowest BCUT2D eigenvalue weighted by Crippen LogP contribution is -2.59. The zero-order valence-electron chi connectivity index (χ0n) is 17.8. The molecule has 0 aromatic carbocycles. The summed E-state index contributed by atoms with van der Waals surface area (Å²) in [6.07, 6.45) is 1.94. The third-order valence-electron chi connectivity index (χ3n) is 4.57. The van der Waals surface area contributed by atoms with Crippen molar-refractivity contribution in [1.82, 2.24) is 16.0 Å². The maximum Gasteiger partial charge on any atom is 0.326 e. The van der Waals surface area contributed by atoms with Crippen molar-refractivity contribution in [2.75, 3.05) is 17.8 Å². The van der Waals surface area contributed by atoms with Gasteiger partial charge in [-0.1, -0.05) is 20.3 Å². The minimum Gasteiger partial charge on any atom is -0.481 e. The lowest BCUT2D eigenvalue weighted by molar-refractivity contribution is -0.142. The van der Waals surface area contributed by atoms with Gasteiger partial charge in [-0.2, -0.15) is 24.4 Å². The molecular weight excluding hydrogens is 448 g/mol. The molecule has 0 rings (SSSR count). The Bertz CT molecular complexity index is 650. The highest BCUT2D eigenvalue weighted by Crippen LogP contribution is 2.10. The van der Waals surface area contributed by atoms with E-state index in [1.807, 2.05) is 13.2 Å². The number of aliphatic carboxylic acids is 2. The van der Waals surface area contributed by atoms with Gasteiger partial charge in [0.05, 0.1) is 12.5 Å². The van der Waals surface area contributed by atoms with Gasteiger partial charge in [0.25, 0.3) is 0 Å². The number of carboxylic acids is 2. The zero-order valence-corrected chi connectivity index (χ0v) is 19.5. The lowest BCUT2D eigenvalue weighted by Gasteiger charge is -2.27. The second-order valence-electron chi connectivity index (χ2n) is 7.00. The van der Waals surface area contributed by atoms with E-state index in [1.54, 1.807) is 6.92 Å². The molecule has 0 aromatic rings. The minimum atomic E-state index is -1.35. The van der Waals surface area contributed by atoms with Crippen molar-refractivity contribution >= 4 is 54.1 Å². The summed E-state index contributed by atoms with van der Waals surface area (Å²) >= 11 is 5.47. The van der Waals surface area contributed by atoms with Gasteiger partial charge >= 0.3 is 11.9 Å². The number of thioether (sulfide) groups is 1. The Morgan fingerprint density at radius 1 is 1.00 bits per heavy atom. The number of carboxylic acid groups (broad SMARTS) is 2. The van der Waals surface area contributed by atoms with Crippen LogP contribution in [0, 0.1) is 5.92 Å². The van der Waals surface area contributed by atoms with Crippen LogP contribution < -0.4 is 21.7 Å². The van der Waals surface area contributed by atoms with E-state index in [0.717, 1.165) is 0 Å². The first-order valence-corrected chi connectivity index (χ1v) is 11.7. The highest BCUT2D eigenvalue weighted by Gasteiger charge is 2.32. The molecule has 11 nitrogen and oxygen atoms in total. The first-order valence-electron chi connectivity index (χ1n) is 9.69. The van der Waals surface area contributed by atoms with Crippen molar-refractivity contribution in [1.29, 1.82) is 0 Å². The van der Waals surface area contributed by atoms with Crippen LogP contribution in [0.1, 0.15) is 33.1 Å². The molecule has 0 aliphatic rings. The van der Waals surface area contributed by atoms with Gasteiger partial charge < -0.3 is 31.9 Å². The first-order chi connectivity index (χ1) is 14.5. The molecule has 0 aliphatic carbocycles. The number of carbonyl (C=O) groups is 5. The van der Waals surface area contributed by atoms with Gasteiger partial charge in [-0.25, -0.2) is 4.79 Å². The predicted molar refractivity (Wildman–Crippen MR) is 120 cm³/mol. The summed E-state index contributed by atoms with van der Waals surface area (Å²) in [6.45, 7) is 3.53. The quantitative estimate of drug-likeness (QED) is 0.145. The molecule has 0 saturated carbocycles. The molecule has 5 unspecified atom stereocenters. The van der Waals surface area contributed by atoms with Crippen LogP contribution in [-0.4, -0.2) is 81.8 Å². The molecule has 0 aromatic heterocycles. The van der Waals surface area contributed by atoms with Crippen molar-refractivity contribution in [2.24, 2.45) is 11.7 Å². The van der Waals surface area contributed by atoms with Gasteiger partial charge in [0, 0.05) is 5.75 Å². The fraction of sp³-hybridized carbons (Fsp3) is 0.722. The van der Waals surface area contributed by atoms with E-state index in [-0.39, 0.29) is 18.1 Å². The number of hydrogen-bond acceptors (Lipinski definition) is 8. The molecule has 0 fully saturated rings. The first kappa shape index (κ1) is 29.0. The normalized spacial score (nSPS) is 15.6. The van der Waals surface area contributed by atoms with Crippen LogP contribution in [0.15, 0.2) is 0 Å². The van der Waals surface area contributed by atoms with Crippen LogP contribution in [0.2, 0.25) is 0 Å². The average molecular weight is 481 g/mol. The summed E-state index contributed by atoms with van der Waals surface area (Å²) < 4.78 is 0. The smallest absolute Gasteiger partial charge is 0.326 e. The maximum absolute atomic E-state index is 12.7. The zero-order chi connectivity index (χ0) is 24.1. The molecule has 0 heterocycles. The number of thiol groups is 1. The van der Waals surface area contributed by atoms with Crippen molar-refractivity contribution in [3.05, 3.63) is 0 Å². The number of hydrogen-bond donors (Lipinski definition) is 7. The van der Waals surface area contributed by atoms with Crippen LogP contribution in [0.5, 0.6) is 0 Å². The summed E-state index contributed by atoms with van der Waals surface area (Å²) in [7, 11) is 0. The Morgan fingerprint density at radius 3 is 2.03 bits per heavy atom. The monoisotopic (exact) mass is 480 g/mol. The Balaban J connectivity index is 5.28. The van der Waals surface area contributed by atoms with Gasteiger partial charge in [0.2, 0.25) is 17.7 Å². The maximum atomic E-state index is 12.7. The van der Waals surface area contributed by atoms with Crippen LogP contribution >= 0.6 is 24.4 Å². The van der Waals surface area contributed by atoms with E-state index in [4.69, 9.17) is 10.8 Å². The molecule has 31 heavy (non-hydrogen) atoms. The molecule has 178 valence electrons. The number of amides is 3. The Labute approximate surface area is 191 Å².